The molecule has 0 saturated heterocycles. The van der Waals surface area contributed by atoms with E-state index in [-0.39, 0.29) is 0 Å². The number of hydrogen-bond donors (Lipinski definition) is 0. The molecule has 0 nitrogen and oxygen atoms in total. The monoisotopic (exact) mass is 82.1 g/mol. The summed E-state index contributed by atoms with van der Waals surface area (Å²) < 4.78 is 0. The fraction of sp³-hybridized carbons (Fsp3) is 0.667. The molecule has 0 aromatic carbocycles. The summed E-state index contributed by atoms with van der Waals surface area (Å²) in [5.74, 6) is 0.926. The van der Waals surface area contributed by atoms with Crippen molar-refractivity contribution < 1.29 is 0 Å². The first-order valence-corrected chi connectivity index (χ1v) is 2.49. The lowest BCUT2D eigenvalue weighted by Gasteiger charge is -1.63. The van der Waals surface area contributed by atoms with E-state index in [0.29, 0.717) is 0 Å². The first kappa shape index (κ1) is 3.91. The minimum absolute atomic E-state index is 0.926. The molecule has 0 heterocycles. The molecule has 1 aliphatic rings. The van der Waals surface area contributed by atoms with E-state index >= 15 is 0 Å². The molecule has 0 aromatic rings. The van der Waals surface area contributed by atoms with Gasteiger partial charge in [0.25, 0.3) is 0 Å². The molecule has 0 aromatic heterocycles. The molecule has 6 heavy (non-hydrogen) atoms. The van der Waals surface area contributed by atoms with Crippen LogP contribution in [-0.4, -0.2) is 0 Å². The molecular weight excluding hydrogens is 72.1 g/mol. The molecule has 1 aliphatic carbocycles. The van der Waals surface area contributed by atoms with Gasteiger partial charge >= 0.3 is 0 Å². The molecule has 0 spiro atoms. The topological polar surface area (TPSA) is 0 Å². The van der Waals surface area contributed by atoms with Crippen molar-refractivity contribution in [3.05, 3.63) is 11.6 Å². The molecule has 1 atom stereocenters. The van der Waals surface area contributed by atoms with Crippen LogP contribution in [0.1, 0.15) is 20.3 Å². The molecule has 1 fully saturated rings. The van der Waals surface area contributed by atoms with Crippen molar-refractivity contribution >= 4 is 0 Å². The van der Waals surface area contributed by atoms with Crippen LogP contribution >= 0.6 is 0 Å². The van der Waals surface area contributed by atoms with Crippen LogP contribution in [0.25, 0.3) is 0 Å². The molecule has 0 heteroatoms. The van der Waals surface area contributed by atoms with Crippen LogP contribution in [0.4, 0.5) is 0 Å². The van der Waals surface area contributed by atoms with E-state index in [9.17, 15) is 0 Å². The Kier molecular flexibility index (Phi) is 0.722. The Morgan fingerprint density at radius 1 is 1.83 bits per heavy atom. The Balaban J connectivity index is 2.44. The number of allylic oxidation sites excluding steroid dienone is 2. The van der Waals surface area contributed by atoms with Crippen molar-refractivity contribution in [1.29, 1.82) is 0 Å². The van der Waals surface area contributed by atoms with Crippen molar-refractivity contribution in [1.82, 2.24) is 0 Å². The average Bonchev–Trinajstić information content (AvgIpc) is 2.19. The molecule has 1 rings (SSSR count). The third-order valence-corrected chi connectivity index (χ3v) is 1.39. The van der Waals surface area contributed by atoms with Crippen molar-refractivity contribution in [2.75, 3.05) is 0 Å². The predicted octanol–water partition coefficient (Wildman–Crippen LogP) is 1.97. The molecular formula is C6H10. The van der Waals surface area contributed by atoms with Crippen LogP contribution in [0.5, 0.6) is 0 Å². The molecule has 0 N–H and O–H groups in total. The van der Waals surface area contributed by atoms with Gasteiger partial charge in [0.15, 0.2) is 0 Å². The lowest BCUT2D eigenvalue weighted by molar-refractivity contribution is 1.02. The zero-order valence-corrected chi connectivity index (χ0v) is 4.36. The third-order valence-electron chi connectivity index (χ3n) is 1.39. The maximum Gasteiger partial charge on any atom is -0.0194 e. The summed E-state index contributed by atoms with van der Waals surface area (Å²) in [7, 11) is 0. The molecule has 1 unspecified atom stereocenters. The Bertz CT molecular complexity index is 80.0. The molecule has 0 aliphatic heterocycles. The highest BCUT2D eigenvalue weighted by Gasteiger charge is 2.21. The highest BCUT2D eigenvalue weighted by Crippen LogP contribution is 2.35. The van der Waals surface area contributed by atoms with Crippen LogP contribution in [0.3, 0.4) is 0 Å². The third kappa shape index (κ3) is 0.469. The van der Waals surface area contributed by atoms with Gasteiger partial charge in [0, 0.05) is 0 Å². The van der Waals surface area contributed by atoms with Crippen molar-refractivity contribution in [2.24, 2.45) is 5.92 Å². The van der Waals surface area contributed by atoms with Gasteiger partial charge in [-0.3, -0.25) is 0 Å². The summed E-state index contributed by atoms with van der Waals surface area (Å²) >= 11 is 0. The van der Waals surface area contributed by atoms with Gasteiger partial charge < -0.3 is 0 Å². The van der Waals surface area contributed by atoms with E-state index in [1.165, 1.54) is 6.42 Å². The van der Waals surface area contributed by atoms with Crippen LogP contribution in [-0.2, 0) is 0 Å². The van der Waals surface area contributed by atoms with Gasteiger partial charge in [-0.1, -0.05) is 18.6 Å². The van der Waals surface area contributed by atoms with Gasteiger partial charge in [0.1, 0.15) is 0 Å². The van der Waals surface area contributed by atoms with E-state index in [1.54, 1.807) is 5.57 Å². The first-order valence-electron chi connectivity index (χ1n) is 2.49. The minimum Gasteiger partial charge on any atom is -0.0882 e. The molecule has 1 saturated carbocycles. The smallest absolute Gasteiger partial charge is 0.0194 e. The van der Waals surface area contributed by atoms with Gasteiger partial charge in [-0.2, -0.15) is 0 Å². The van der Waals surface area contributed by atoms with Crippen LogP contribution in [0, 0.1) is 5.92 Å². The van der Waals surface area contributed by atoms with E-state index in [2.05, 4.69) is 19.9 Å². The second kappa shape index (κ2) is 1.11. The lowest BCUT2D eigenvalue weighted by atomic mass is 10.4. The summed E-state index contributed by atoms with van der Waals surface area (Å²) in [5.41, 5.74) is 1.63. The molecule has 0 radical (unpaired) electrons. The Morgan fingerprint density at radius 2 is 2.33 bits per heavy atom. The van der Waals surface area contributed by atoms with Gasteiger partial charge in [0.2, 0.25) is 0 Å². The summed E-state index contributed by atoms with van der Waals surface area (Å²) in [5, 5.41) is 0. The zero-order valence-electron chi connectivity index (χ0n) is 4.36. The lowest BCUT2D eigenvalue weighted by Crippen LogP contribution is -1.49. The summed E-state index contributed by atoms with van der Waals surface area (Å²) in [6, 6.07) is 0. The summed E-state index contributed by atoms with van der Waals surface area (Å²) in [4.78, 5) is 0. The summed E-state index contributed by atoms with van der Waals surface area (Å²) in [6.07, 6.45) is 3.57. The van der Waals surface area contributed by atoms with E-state index < -0.39 is 0 Å². The standard InChI is InChI=1S/C6H10/c1-3-6-4-5(6)2/h3,5H,4H2,1-2H3/b6-3+. The average molecular weight is 82.1 g/mol. The second-order valence-corrected chi connectivity index (χ2v) is 1.97. The number of hydrogen-bond acceptors (Lipinski definition) is 0. The molecule has 34 valence electrons. The van der Waals surface area contributed by atoms with Gasteiger partial charge in [-0.25, -0.2) is 0 Å². The van der Waals surface area contributed by atoms with Gasteiger partial charge in [-0.15, -0.1) is 0 Å². The zero-order chi connectivity index (χ0) is 4.57. The quantitative estimate of drug-likeness (QED) is 0.392. The van der Waals surface area contributed by atoms with Crippen molar-refractivity contribution in [3.63, 3.8) is 0 Å². The van der Waals surface area contributed by atoms with Crippen molar-refractivity contribution in [3.8, 4) is 0 Å². The van der Waals surface area contributed by atoms with E-state index in [4.69, 9.17) is 0 Å². The fourth-order valence-electron chi connectivity index (χ4n) is 0.697. The van der Waals surface area contributed by atoms with E-state index in [1.807, 2.05) is 0 Å². The fourth-order valence-corrected chi connectivity index (χ4v) is 0.697. The van der Waals surface area contributed by atoms with Crippen LogP contribution < -0.4 is 0 Å². The van der Waals surface area contributed by atoms with Gasteiger partial charge in [0.05, 0.1) is 0 Å². The predicted molar refractivity (Wildman–Crippen MR) is 27.5 cm³/mol. The Morgan fingerprint density at radius 3 is 2.33 bits per heavy atom. The second-order valence-electron chi connectivity index (χ2n) is 1.97. The van der Waals surface area contributed by atoms with Gasteiger partial charge in [-0.05, 0) is 19.3 Å². The Labute approximate surface area is 38.9 Å². The first-order chi connectivity index (χ1) is 2.84. The number of rotatable bonds is 0. The maximum absolute atomic E-state index is 2.26. The highest BCUT2D eigenvalue weighted by atomic mass is 14.3. The molecule has 0 bridgehead atoms. The highest BCUT2D eigenvalue weighted by molar-refractivity contribution is 5.20. The van der Waals surface area contributed by atoms with Crippen LogP contribution in [0.15, 0.2) is 11.6 Å². The normalized spacial score (nSPS) is 37.7. The summed E-state index contributed by atoms with van der Waals surface area (Å²) in [6.45, 7) is 4.37. The minimum atomic E-state index is 0.926. The van der Waals surface area contributed by atoms with E-state index in [0.717, 1.165) is 5.92 Å². The maximum atomic E-state index is 2.26. The Hall–Kier alpha value is -0.260. The van der Waals surface area contributed by atoms with Crippen molar-refractivity contribution in [2.45, 2.75) is 20.3 Å². The molecule has 0 amide bonds. The largest absolute Gasteiger partial charge is 0.0882 e. The van der Waals surface area contributed by atoms with Crippen LogP contribution in [0.2, 0.25) is 0 Å². The SMILES string of the molecule is C/C=C1\CC1C.